The fourth-order valence-corrected chi connectivity index (χ4v) is 9.09. The molecule has 5 rings (SSSR count). The fourth-order valence-electron chi connectivity index (χ4n) is 9.09. The summed E-state index contributed by atoms with van der Waals surface area (Å²) in [6.45, 7) is 12.2. The molecule has 2 N–H and O–H groups in total. The van der Waals surface area contributed by atoms with Crippen LogP contribution in [0.5, 0.6) is 0 Å². The Morgan fingerprint density at radius 1 is 0.933 bits per heavy atom. The first-order chi connectivity index (χ1) is 14.0. The standard InChI is InChI=1S/C25H43BO4/c1-23(2,3)26-29-14-21(30-26)19-9-8-18-17-7-6-15-12-16(27)10-11-24(15,4)22(17)20(28)13-25(18,19)5/h15-22,27-28H,6-14H2,1-5H3/t15-,16+,17-,18-,19+,20-,21-,22+,24-,25-/m0/s1. The van der Waals surface area contributed by atoms with E-state index in [1.807, 2.05) is 0 Å². The molecular weight excluding hydrogens is 375 g/mol. The van der Waals surface area contributed by atoms with Crippen LogP contribution in [0.1, 0.15) is 86.0 Å². The van der Waals surface area contributed by atoms with Gasteiger partial charge < -0.3 is 19.5 Å². The van der Waals surface area contributed by atoms with Crippen molar-refractivity contribution in [2.24, 2.45) is 40.4 Å². The van der Waals surface area contributed by atoms with Gasteiger partial charge in [-0.3, -0.25) is 0 Å². The van der Waals surface area contributed by atoms with Crippen molar-refractivity contribution in [2.75, 3.05) is 6.61 Å². The van der Waals surface area contributed by atoms with Crippen molar-refractivity contribution in [1.82, 2.24) is 0 Å². The normalized spacial score (nSPS) is 53.9. The van der Waals surface area contributed by atoms with Gasteiger partial charge in [0.15, 0.2) is 0 Å². The van der Waals surface area contributed by atoms with Crippen LogP contribution in [0, 0.1) is 40.4 Å². The summed E-state index contributed by atoms with van der Waals surface area (Å²) in [6.07, 6.45) is 8.61. The van der Waals surface area contributed by atoms with Crippen LogP contribution in [0.4, 0.5) is 0 Å². The predicted octanol–water partition coefficient (Wildman–Crippen LogP) is 4.68. The average Bonchev–Trinajstić information content (AvgIpc) is 3.25. The third-order valence-corrected chi connectivity index (χ3v) is 10.5. The van der Waals surface area contributed by atoms with E-state index in [9.17, 15) is 10.2 Å². The second-order valence-corrected chi connectivity index (χ2v) is 13.2. The summed E-state index contributed by atoms with van der Waals surface area (Å²) in [5, 5.41) is 21.9. The van der Waals surface area contributed by atoms with Crippen LogP contribution in [-0.2, 0) is 9.31 Å². The molecule has 0 unspecified atom stereocenters. The minimum Gasteiger partial charge on any atom is -0.408 e. The van der Waals surface area contributed by atoms with Gasteiger partial charge in [0.25, 0.3) is 0 Å². The molecule has 1 heterocycles. The molecule has 5 heteroatoms. The van der Waals surface area contributed by atoms with Gasteiger partial charge in [-0.05, 0) is 97.1 Å². The molecule has 0 aromatic rings. The lowest BCUT2D eigenvalue weighted by Crippen LogP contribution is -2.59. The molecule has 4 saturated carbocycles. The summed E-state index contributed by atoms with van der Waals surface area (Å²) in [5.41, 5.74) is 0.351. The highest BCUT2D eigenvalue weighted by Gasteiger charge is 2.64. The molecule has 1 saturated heterocycles. The maximum absolute atomic E-state index is 11.6. The number of aliphatic hydroxyl groups is 2. The molecule has 1 aliphatic heterocycles. The van der Waals surface area contributed by atoms with Crippen LogP contribution >= 0.6 is 0 Å². The first-order valence-corrected chi connectivity index (χ1v) is 12.7. The van der Waals surface area contributed by atoms with E-state index in [1.54, 1.807) is 0 Å². The lowest BCUT2D eigenvalue weighted by molar-refractivity contribution is -0.181. The number of rotatable bonds is 1. The lowest BCUT2D eigenvalue weighted by Gasteiger charge is -2.62. The first-order valence-electron chi connectivity index (χ1n) is 12.7. The monoisotopic (exact) mass is 418 g/mol. The van der Waals surface area contributed by atoms with Crippen molar-refractivity contribution in [3.63, 3.8) is 0 Å². The van der Waals surface area contributed by atoms with Gasteiger partial charge in [-0.2, -0.15) is 0 Å². The van der Waals surface area contributed by atoms with Crippen molar-refractivity contribution >= 4 is 7.12 Å². The summed E-state index contributed by atoms with van der Waals surface area (Å²) < 4.78 is 12.6. The van der Waals surface area contributed by atoms with Crippen LogP contribution in [0.15, 0.2) is 0 Å². The zero-order valence-corrected chi connectivity index (χ0v) is 19.8. The van der Waals surface area contributed by atoms with E-state index in [1.165, 1.54) is 25.7 Å². The Labute approximate surface area is 183 Å². The summed E-state index contributed by atoms with van der Waals surface area (Å²) in [4.78, 5) is 0. The van der Waals surface area contributed by atoms with E-state index in [0.717, 1.165) is 25.7 Å². The Morgan fingerprint density at radius 2 is 1.67 bits per heavy atom. The van der Waals surface area contributed by atoms with Gasteiger partial charge in [0.2, 0.25) is 0 Å². The smallest absolute Gasteiger partial charge is 0.408 e. The molecular formula is C25H43BO4. The van der Waals surface area contributed by atoms with Crippen LogP contribution < -0.4 is 0 Å². The first kappa shape index (κ1) is 21.7. The van der Waals surface area contributed by atoms with Gasteiger partial charge in [-0.1, -0.05) is 34.6 Å². The highest BCUT2D eigenvalue weighted by Crippen LogP contribution is 2.68. The zero-order chi connectivity index (χ0) is 21.5. The van der Waals surface area contributed by atoms with E-state index >= 15 is 0 Å². The number of hydrogen-bond acceptors (Lipinski definition) is 4. The van der Waals surface area contributed by atoms with Crippen molar-refractivity contribution in [1.29, 1.82) is 0 Å². The van der Waals surface area contributed by atoms with Crippen molar-refractivity contribution in [3.05, 3.63) is 0 Å². The van der Waals surface area contributed by atoms with Crippen LogP contribution in [-0.4, -0.2) is 42.3 Å². The quantitative estimate of drug-likeness (QED) is 0.607. The van der Waals surface area contributed by atoms with Gasteiger partial charge in [0, 0.05) is 0 Å². The summed E-state index contributed by atoms with van der Waals surface area (Å²) in [6, 6.07) is 0. The largest absolute Gasteiger partial charge is 0.463 e. The average molecular weight is 418 g/mol. The molecule has 4 aliphatic carbocycles. The second-order valence-electron chi connectivity index (χ2n) is 13.2. The van der Waals surface area contributed by atoms with E-state index in [2.05, 4.69) is 34.6 Å². The topological polar surface area (TPSA) is 58.9 Å². The molecule has 0 bridgehead atoms. The highest BCUT2D eigenvalue weighted by atomic mass is 16.6. The van der Waals surface area contributed by atoms with Crippen molar-refractivity contribution < 1.29 is 19.5 Å². The van der Waals surface area contributed by atoms with Crippen molar-refractivity contribution in [3.8, 4) is 0 Å². The van der Waals surface area contributed by atoms with Crippen LogP contribution in [0.25, 0.3) is 0 Å². The Balaban J connectivity index is 1.38. The molecule has 170 valence electrons. The SMILES string of the molecule is CC(C)(C)B1OC[C@@H]([C@H]2CC[C@H]3[C@@H]4CC[C@H]5C[C@H](O)CC[C@]5(C)[C@H]4[C@@H](O)C[C@]23C)O1. The van der Waals surface area contributed by atoms with Gasteiger partial charge >= 0.3 is 7.12 Å². The van der Waals surface area contributed by atoms with Gasteiger partial charge in [-0.15, -0.1) is 0 Å². The van der Waals surface area contributed by atoms with E-state index in [4.69, 9.17) is 9.31 Å². The Morgan fingerprint density at radius 3 is 2.37 bits per heavy atom. The Hall–Kier alpha value is -0.0951. The van der Waals surface area contributed by atoms with E-state index in [0.29, 0.717) is 36.2 Å². The zero-order valence-electron chi connectivity index (χ0n) is 19.8. The third kappa shape index (κ3) is 3.16. The fraction of sp³-hybridized carbons (Fsp3) is 1.00. The molecule has 4 nitrogen and oxygen atoms in total. The van der Waals surface area contributed by atoms with Crippen molar-refractivity contribution in [2.45, 2.75) is 110 Å². The number of hydrogen-bond donors (Lipinski definition) is 2. The molecule has 10 atom stereocenters. The number of fused-ring (bicyclic) bond motifs is 5. The van der Waals surface area contributed by atoms with Crippen LogP contribution in [0.3, 0.4) is 0 Å². The molecule has 30 heavy (non-hydrogen) atoms. The predicted molar refractivity (Wildman–Crippen MR) is 119 cm³/mol. The van der Waals surface area contributed by atoms with E-state index < -0.39 is 0 Å². The number of aliphatic hydroxyl groups excluding tert-OH is 2. The summed E-state index contributed by atoms with van der Waals surface area (Å²) >= 11 is 0. The van der Waals surface area contributed by atoms with E-state index in [-0.39, 0.29) is 41.6 Å². The molecule has 0 aromatic heterocycles. The summed E-state index contributed by atoms with van der Waals surface area (Å²) in [5.74, 6) is 2.80. The maximum atomic E-state index is 11.6. The van der Waals surface area contributed by atoms with Crippen LogP contribution in [0.2, 0.25) is 5.31 Å². The molecule has 0 amide bonds. The van der Waals surface area contributed by atoms with Gasteiger partial charge in [0.1, 0.15) is 0 Å². The second kappa shape index (κ2) is 7.20. The lowest BCUT2D eigenvalue weighted by atomic mass is 9.43. The molecule has 0 radical (unpaired) electrons. The maximum Gasteiger partial charge on any atom is 0.463 e. The Bertz CT molecular complexity index is 664. The minimum absolute atomic E-state index is 0.00333. The van der Waals surface area contributed by atoms with Gasteiger partial charge in [-0.25, -0.2) is 0 Å². The molecule has 5 fully saturated rings. The third-order valence-electron chi connectivity index (χ3n) is 10.5. The molecule has 0 spiro atoms. The molecule has 0 aromatic carbocycles. The Kier molecular flexibility index (Phi) is 5.22. The highest BCUT2D eigenvalue weighted by molar-refractivity contribution is 6.48. The summed E-state index contributed by atoms with van der Waals surface area (Å²) in [7, 11) is -0.116. The molecule has 5 aliphatic rings. The minimum atomic E-state index is -0.222. The van der Waals surface area contributed by atoms with Gasteiger partial charge in [0.05, 0.1) is 24.9 Å².